The Balaban J connectivity index is 2.45. The SMILES string of the molecule is [2H]C([2H])([2H])NS(=O)(=O)c1ccc2[nH]ccc2c1. The van der Waals surface area contributed by atoms with Crippen LogP contribution in [0.15, 0.2) is 35.4 Å². The number of hydrogen-bond donors (Lipinski definition) is 2. The van der Waals surface area contributed by atoms with E-state index in [1.54, 1.807) is 23.1 Å². The highest BCUT2D eigenvalue weighted by molar-refractivity contribution is 7.89. The molecule has 0 amide bonds. The first kappa shape index (κ1) is 6.21. The summed E-state index contributed by atoms with van der Waals surface area (Å²) in [7, 11) is -4.01. The van der Waals surface area contributed by atoms with E-state index in [2.05, 4.69) is 4.98 Å². The minimum Gasteiger partial charge on any atom is -0.361 e. The van der Waals surface area contributed by atoms with Crippen LogP contribution in [-0.4, -0.2) is 20.4 Å². The van der Waals surface area contributed by atoms with Crippen molar-refractivity contribution in [2.24, 2.45) is 0 Å². The van der Waals surface area contributed by atoms with Crippen LogP contribution in [0.4, 0.5) is 0 Å². The number of hydrogen-bond acceptors (Lipinski definition) is 2. The zero-order chi connectivity index (χ0) is 12.7. The molecule has 0 unspecified atom stereocenters. The van der Waals surface area contributed by atoms with Crippen LogP contribution in [0.25, 0.3) is 10.9 Å². The number of fused-ring (bicyclic) bond motifs is 1. The second kappa shape index (κ2) is 3.11. The van der Waals surface area contributed by atoms with E-state index in [9.17, 15) is 8.42 Å². The fourth-order valence-electron chi connectivity index (χ4n) is 1.26. The van der Waals surface area contributed by atoms with E-state index in [0.717, 1.165) is 5.52 Å². The Morgan fingerprint density at radius 1 is 1.43 bits per heavy atom. The molecule has 0 bridgehead atoms. The lowest BCUT2D eigenvalue weighted by Gasteiger charge is -2.01. The van der Waals surface area contributed by atoms with E-state index in [0.29, 0.717) is 5.39 Å². The Bertz CT molecular complexity index is 646. The van der Waals surface area contributed by atoms with Gasteiger partial charge >= 0.3 is 0 Å². The first-order chi connectivity index (χ1) is 7.78. The van der Waals surface area contributed by atoms with E-state index in [-0.39, 0.29) is 4.90 Å². The van der Waals surface area contributed by atoms with Crippen molar-refractivity contribution in [3.8, 4) is 0 Å². The highest BCUT2D eigenvalue weighted by atomic mass is 32.2. The Morgan fingerprint density at radius 3 is 3.07 bits per heavy atom. The van der Waals surface area contributed by atoms with Crippen LogP contribution in [0.5, 0.6) is 0 Å². The van der Waals surface area contributed by atoms with Gasteiger partial charge in [-0.15, -0.1) is 0 Å². The standard InChI is InChI=1S/C9H10N2O2S/c1-10-14(12,13)8-2-3-9-7(6-8)4-5-11-9/h2-6,10-11H,1H3/i1D3. The van der Waals surface area contributed by atoms with E-state index in [1.807, 2.05) is 0 Å². The van der Waals surface area contributed by atoms with Crippen LogP contribution in [0.3, 0.4) is 0 Å². The number of aromatic amines is 1. The lowest BCUT2D eigenvalue weighted by atomic mass is 10.2. The summed E-state index contributed by atoms with van der Waals surface area (Å²) in [5, 5.41) is 0.707. The molecule has 5 heteroatoms. The van der Waals surface area contributed by atoms with Gasteiger partial charge in [0.05, 0.1) is 4.90 Å². The van der Waals surface area contributed by atoms with Crippen molar-refractivity contribution in [1.29, 1.82) is 0 Å². The predicted octanol–water partition coefficient (Wildman–Crippen LogP) is 1.08. The van der Waals surface area contributed by atoms with E-state index >= 15 is 0 Å². The Morgan fingerprint density at radius 2 is 2.29 bits per heavy atom. The van der Waals surface area contributed by atoms with Crippen LogP contribution in [0, 0.1) is 0 Å². The molecule has 2 rings (SSSR count). The van der Waals surface area contributed by atoms with Gasteiger partial charge in [-0.3, -0.25) is 0 Å². The predicted molar refractivity (Wildman–Crippen MR) is 54.5 cm³/mol. The summed E-state index contributed by atoms with van der Waals surface area (Å²) in [6.07, 6.45) is 1.68. The third-order valence-corrected chi connectivity index (χ3v) is 3.11. The van der Waals surface area contributed by atoms with Gasteiger partial charge < -0.3 is 4.98 Å². The molecule has 2 N–H and O–H groups in total. The topological polar surface area (TPSA) is 62.0 Å². The van der Waals surface area contributed by atoms with Crippen molar-refractivity contribution in [1.82, 2.24) is 9.71 Å². The highest BCUT2D eigenvalue weighted by Crippen LogP contribution is 2.17. The van der Waals surface area contributed by atoms with Crippen molar-refractivity contribution in [3.05, 3.63) is 30.5 Å². The molecule has 1 heterocycles. The Kier molecular flexibility index (Phi) is 1.38. The molecule has 0 aliphatic carbocycles. The number of rotatable bonds is 2. The number of benzene rings is 1. The Hall–Kier alpha value is -1.33. The number of aromatic nitrogens is 1. The lowest BCUT2D eigenvalue weighted by molar-refractivity contribution is 0.588. The molecule has 0 fully saturated rings. The minimum absolute atomic E-state index is 0.0688. The first-order valence-electron chi connectivity index (χ1n) is 5.39. The second-order valence-corrected chi connectivity index (χ2v) is 4.51. The van der Waals surface area contributed by atoms with Gasteiger partial charge in [-0.25, -0.2) is 13.1 Å². The number of sulfonamides is 1. The van der Waals surface area contributed by atoms with Crippen LogP contribution in [-0.2, 0) is 10.0 Å². The fourth-order valence-corrected chi connectivity index (χ4v) is 1.90. The van der Waals surface area contributed by atoms with Gasteiger partial charge in [0, 0.05) is 21.2 Å². The molecule has 1 aromatic carbocycles. The molecular formula is C9H10N2O2S. The molecule has 4 nitrogen and oxygen atoms in total. The van der Waals surface area contributed by atoms with Gasteiger partial charge in [0.2, 0.25) is 10.0 Å². The largest absolute Gasteiger partial charge is 0.361 e. The van der Waals surface area contributed by atoms with Crippen molar-refractivity contribution < 1.29 is 12.5 Å². The monoisotopic (exact) mass is 213 g/mol. The van der Waals surface area contributed by atoms with Gasteiger partial charge in [0.15, 0.2) is 0 Å². The molecule has 2 aromatic rings. The molecule has 0 atom stereocenters. The summed E-state index contributed by atoms with van der Waals surface area (Å²) >= 11 is 0. The molecule has 0 spiro atoms. The summed E-state index contributed by atoms with van der Waals surface area (Å²) in [6.45, 7) is -2.73. The summed E-state index contributed by atoms with van der Waals surface area (Å²) in [6, 6.07) is 6.07. The summed E-state index contributed by atoms with van der Waals surface area (Å²) in [4.78, 5) is 2.85. The van der Waals surface area contributed by atoms with E-state index in [4.69, 9.17) is 4.11 Å². The average molecular weight is 213 g/mol. The van der Waals surface area contributed by atoms with Gasteiger partial charge in [-0.05, 0) is 31.2 Å². The molecule has 0 saturated heterocycles. The summed E-state index contributed by atoms with van der Waals surface area (Å²) in [5.41, 5.74) is 0.790. The molecule has 74 valence electrons. The highest BCUT2D eigenvalue weighted by Gasteiger charge is 2.11. The maximum absolute atomic E-state index is 11.7. The Labute approximate surface area is 86.2 Å². The van der Waals surface area contributed by atoms with Crippen molar-refractivity contribution >= 4 is 20.9 Å². The molecule has 14 heavy (non-hydrogen) atoms. The first-order valence-corrected chi connectivity index (χ1v) is 5.37. The normalized spacial score (nSPS) is 16.1. The lowest BCUT2D eigenvalue weighted by Crippen LogP contribution is -2.18. The minimum atomic E-state index is -4.01. The second-order valence-electron chi connectivity index (χ2n) is 2.83. The number of H-pyrrole nitrogens is 1. The third-order valence-electron chi connectivity index (χ3n) is 1.97. The fraction of sp³-hybridized carbons (Fsp3) is 0.111. The van der Waals surface area contributed by atoms with Crippen LogP contribution in [0.1, 0.15) is 4.11 Å². The van der Waals surface area contributed by atoms with E-state index in [1.165, 1.54) is 12.1 Å². The van der Waals surface area contributed by atoms with Crippen LogP contribution in [0.2, 0.25) is 0 Å². The molecule has 0 radical (unpaired) electrons. The third kappa shape index (κ3) is 1.40. The molecule has 0 aliphatic heterocycles. The summed E-state index contributed by atoms with van der Waals surface area (Å²) < 4.78 is 45.8. The van der Waals surface area contributed by atoms with Gasteiger partial charge in [0.1, 0.15) is 0 Å². The molecular weight excluding hydrogens is 200 g/mol. The van der Waals surface area contributed by atoms with Gasteiger partial charge in [-0.2, -0.15) is 0 Å². The summed E-state index contributed by atoms with van der Waals surface area (Å²) in [5.74, 6) is 0. The molecule has 0 saturated carbocycles. The van der Waals surface area contributed by atoms with Gasteiger partial charge in [0.25, 0.3) is 0 Å². The van der Waals surface area contributed by atoms with Crippen LogP contribution >= 0.6 is 0 Å². The van der Waals surface area contributed by atoms with E-state index < -0.39 is 17.0 Å². The maximum atomic E-state index is 11.7. The maximum Gasteiger partial charge on any atom is 0.240 e. The zero-order valence-electron chi connectivity index (χ0n) is 10.1. The molecule has 0 aliphatic rings. The number of nitrogens with one attached hydrogen (secondary N) is 2. The van der Waals surface area contributed by atoms with Crippen molar-refractivity contribution in [2.45, 2.75) is 4.90 Å². The smallest absolute Gasteiger partial charge is 0.240 e. The van der Waals surface area contributed by atoms with Crippen molar-refractivity contribution in [2.75, 3.05) is 6.98 Å². The van der Waals surface area contributed by atoms with Crippen molar-refractivity contribution in [3.63, 3.8) is 0 Å². The zero-order valence-corrected chi connectivity index (χ0v) is 7.93. The van der Waals surface area contributed by atoms with Crippen LogP contribution < -0.4 is 4.72 Å². The quantitative estimate of drug-likeness (QED) is 0.784. The van der Waals surface area contributed by atoms with Gasteiger partial charge in [-0.1, -0.05) is 0 Å². The average Bonchev–Trinajstić information content (AvgIpc) is 2.59. The molecule has 1 aromatic heterocycles.